The van der Waals surface area contributed by atoms with E-state index in [-0.39, 0.29) is 0 Å². The molecule has 0 aromatic carbocycles. The molecule has 0 heterocycles. The predicted octanol–water partition coefficient (Wildman–Crippen LogP) is -3.82. The van der Waals surface area contributed by atoms with E-state index in [4.69, 9.17) is 25.5 Å². The molecule has 83 valence electrons. The highest BCUT2D eigenvalue weighted by molar-refractivity contribution is 5.80. The molecule has 1 amide bonds. The number of rotatable bonds is 5. The normalized spacial score (nSPS) is 19.6. The van der Waals surface area contributed by atoms with Gasteiger partial charge in [0, 0.05) is 7.05 Å². The number of carbonyl (C=O) groups is 1. The number of likely N-dealkylation sites (N-methyl/N-ethyl adjacent to an activating group) is 1. The number of hydrogen-bond acceptors (Lipinski definition) is 6. The standard InChI is InChI=1S/C7H14NO6/c1-8-7(14)6(13)5(12)4(11)3(10)2-9/h3-6,9-13H,2H2,1H3. The van der Waals surface area contributed by atoms with E-state index in [1.165, 1.54) is 0 Å². The Labute approximate surface area is 80.6 Å². The van der Waals surface area contributed by atoms with E-state index in [1.54, 1.807) is 0 Å². The third-order valence-electron chi connectivity index (χ3n) is 1.73. The Hall–Kier alpha value is -0.730. The van der Waals surface area contributed by atoms with Crippen molar-refractivity contribution in [2.75, 3.05) is 13.7 Å². The van der Waals surface area contributed by atoms with Crippen LogP contribution in [0.2, 0.25) is 0 Å². The summed E-state index contributed by atoms with van der Waals surface area (Å²) in [6, 6.07) is 0. The van der Waals surface area contributed by atoms with Gasteiger partial charge in [-0.3, -0.25) is 10.1 Å². The van der Waals surface area contributed by atoms with Crippen molar-refractivity contribution in [3.8, 4) is 0 Å². The SMILES string of the molecule is C[N]C(=O)C(O)C(O)C(O)C(O)CO. The van der Waals surface area contributed by atoms with Crippen LogP contribution in [0, 0.1) is 0 Å². The molecule has 4 atom stereocenters. The number of aliphatic hydroxyl groups is 5. The van der Waals surface area contributed by atoms with Gasteiger partial charge in [0.05, 0.1) is 6.61 Å². The Kier molecular flexibility index (Phi) is 5.58. The first-order valence-electron chi connectivity index (χ1n) is 3.92. The van der Waals surface area contributed by atoms with E-state index >= 15 is 0 Å². The van der Waals surface area contributed by atoms with Crippen LogP contribution in [-0.4, -0.2) is 69.5 Å². The van der Waals surface area contributed by atoms with E-state index in [0.717, 1.165) is 7.05 Å². The van der Waals surface area contributed by atoms with Gasteiger partial charge >= 0.3 is 0 Å². The molecular weight excluding hydrogens is 194 g/mol. The second kappa shape index (κ2) is 5.89. The van der Waals surface area contributed by atoms with Crippen LogP contribution < -0.4 is 5.32 Å². The van der Waals surface area contributed by atoms with Crippen LogP contribution in [0.15, 0.2) is 0 Å². The molecular formula is C7H14NO6. The van der Waals surface area contributed by atoms with E-state index in [1.807, 2.05) is 0 Å². The summed E-state index contributed by atoms with van der Waals surface area (Å²) in [4.78, 5) is 10.7. The lowest BCUT2D eigenvalue weighted by Crippen LogP contribution is -2.50. The molecule has 14 heavy (non-hydrogen) atoms. The van der Waals surface area contributed by atoms with Gasteiger partial charge in [-0.05, 0) is 0 Å². The van der Waals surface area contributed by atoms with Crippen LogP contribution in [0.25, 0.3) is 0 Å². The molecule has 0 spiro atoms. The van der Waals surface area contributed by atoms with Crippen molar-refractivity contribution < 1.29 is 30.3 Å². The number of nitrogens with zero attached hydrogens (tertiary/aromatic N) is 1. The molecule has 0 aromatic heterocycles. The van der Waals surface area contributed by atoms with E-state index in [0.29, 0.717) is 0 Å². The maximum absolute atomic E-state index is 10.7. The Morgan fingerprint density at radius 2 is 1.71 bits per heavy atom. The molecule has 0 aliphatic heterocycles. The van der Waals surface area contributed by atoms with Crippen molar-refractivity contribution >= 4 is 5.91 Å². The Bertz CT molecular complexity index is 187. The molecule has 0 fully saturated rings. The molecule has 0 bridgehead atoms. The molecule has 0 rings (SSSR count). The maximum Gasteiger partial charge on any atom is 0.272 e. The summed E-state index contributed by atoms with van der Waals surface area (Å²) in [7, 11) is 1.12. The molecule has 0 saturated heterocycles. The number of aliphatic hydroxyl groups excluding tert-OH is 5. The van der Waals surface area contributed by atoms with Gasteiger partial charge in [-0.15, -0.1) is 0 Å². The second-order valence-corrected chi connectivity index (χ2v) is 2.74. The van der Waals surface area contributed by atoms with Gasteiger partial charge in [0.1, 0.15) is 18.3 Å². The highest BCUT2D eigenvalue weighted by Crippen LogP contribution is 2.05. The summed E-state index contributed by atoms with van der Waals surface area (Å²) in [5.41, 5.74) is 0. The lowest BCUT2D eigenvalue weighted by atomic mass is 10.0. The quantitative estimate of drug-likeness (QED) is 0.314. The summed E-state index contributed by atoms with van der Waals surface area (Å²) < 4.78 is 0. The van der Waals surface area contributed by atoms with Crippen LogP contribution in [-0.2, 0) is 4.79 Å². The fourth-order valence-corrected chi connectivity index (χ4v) is 0.801. The molecule has 1 radical (unpaired) electrons. The van der Waals surface area contributed by atoms with Crippen molar-refractivity contribution in [3.63, 3.8) is 0 Å². The fraction of sp³-hybridized carbons (Fsp3) is 0.857. The highest BCUT2D eigenvalue weighted by Gasteiger charge is 2.33. The van der Waals surface area contributed by atoms with Crippen LogP contribution in [0.3, 0.4) is 0 Å². The molecule has 0 saturated carbocycles. The molecule has 0 aromatic rings. The third-order valence-corrected chi connectivity index (χ3v) is 1.73. The van der Waals surface area contributed by atoms with Crippen molar-refractivity contribution in [2.45, 2.75) is 24.4 Å². The molecule has 0 aliphatic rings. The van der Waals surface area contributed by atoms with Gasteiger partial charge in [0.25, 0.3) is 5.91 Å². The van der Waals surface area contributed by atoms with Gasteiger partial charge in [0.2, 0.25) is 0 Å². The summed E-state index contributed by atoms with van der Waals surface area (Å²) in [6.07, 6.45) is -7.21. The van der Waals surface area contributed by atoms with Crippen molar-refractivity contribution in [3.05, 3.63) is 0 Å². The second-order valence-electron chi connectivity index (χ2n) is 2.74. The Balaban J connectivity index is 4.30. The molecule has 4 unspecified atom stereocenters. The minimum atomic E-state index is -1.91. The topological polar surface area (TPSA) is 132 Å². The lowest BCUT2D eigenvalue weighted by Gasteiger charge is -2.23. The smallest absolute Gasteiger partial charge is 0.272 e. The van der Waals surface area contributed by atoms with E-state index in [2.05, 4.69) is 5.32 Å². The Morgan fingerprint density at radius 1 is 1.21 bits per heavy atom. The van der Waals surface area contributed by atoms with Gasteiger partial charge in [-0.25, -0.2) is 0 Å². The molecule has 7 heteroatoms. The van der Waals surface area contributed by atoms with Crippen LogP contribution >= 0.6 is 0 Å². The van der Waals surface area contributed by atoms with Gasteiger partial charge in [-0.2, -0.15) is 0 Å². The van der Waals surface area contributed by atoms with Crippen LogP contribution in [0.1, 0.15) is 0 Å². The third kappa shape index (κ3) is 3.20. The first-order valence-corrected chi connectivity index (χ1v) is 3.92. The minimum Gasteiger partial charge on any atom is -0.394 e. The highest BCUT2D eigenvalue weighted by atomic mass is 16.4. The number of carbonyl (C=O) groups excluding carboxylic acids is 1. The molecule has 7 nitrogen and oxygen atoms in total. The van der Waals surface area contributed by atoms with Crippen molar-refractivity contribution in [2.24, 2.45) is 0 Å². The van der Waals surface area contributed by atoms with Crippen molar-refractivity contribution in [1.29, 1.82) is 0 Å². The largest absolute Gasteiger partial charge is 0.394 e. The van der Waals surface area contributed by atoms with Crippen LogP contribution in [0.5, 0.6) is 0 Å². The fourth-order valence-electron chi connectivity index (χ4n) is 0.801. The molecule has 5 N–H and O–H groups in total. The first kappa shape index (κ1) is 13.3. The summed E-state index contributed by atoms with van der Waals surface area (Å²) in [5.74, 6) is -1.01. The van der Waals surface area contributed by atoms with E-state index in [9.17, 15) is 4.79 Å². The zero-order valence-electron chi connectivity index (χ0n) is 7.61. The van der Waals surface area contributed by atoms with E-state index < -0.39 is 36.9 Å². The molecule has 0 aliphatic carbocycles. The maximum atomic E-state index is 10.7. The predicted molar refractivity (Wildman–Crippen MR) is 44.2 cm³/mol. The minimum absolute atomic E-state index is 0.789. The van der Waals surface area contributed by atoms with Gasteiger partial charge in [0.15, 0.2) is 6.10 Å². The van der Waals surface area contributed by atoms with Gasteiger partial charge < -0.3 is 25.5 Å². The van der Waals surface area contributed by atoms with Crippen LogP contribution in [0.4, 0.5) is 0 Å². The monoisotopic (exact) mass is 208 g/mol. The average molecular weight is 208 g/mol. The zero-order chi connectivity index (χ0) is 11.3. The Morgan fingerprint density at radius 3 is 2.07 bits per heavy atom. The summed E-state index contributed by atoms with van der Waals surface area (Å²) in [6.45, 7) is -0.789. The number of amides is 1. The zero-order valence-corrected chi connectivity index (χ0v) is 7.61. The summed E-state index contributed by atoms with van der Waals surface area (Å²) in [5, 5.41) is 47.7. The summed E-state index contributed by atoms with van der Waals surface area (Å²) >= 11 is 0. The first-order chi connectivity index (χ1) is 6.45. The lowest BCUT2D eigenvalue weighted by molar-refractivity contribution is -0.148. The van der Waals surface area contributed by atoms with Crippen molar-refractivity contribution in [1.82, 2.24) is 5.32 Å². The average Bonchev–Trinajstić information content (AvgIpc) is 2.23. The number of hydrogen-bond donors (Lipinski definition) is 5. The van der Waals surface area contributed by atoms with Gasteiger partial charge in [-0.1, -0.05) is 0 Å².